The number of hydrazone groups is 1. The number of benzene rings is 2. The van der Waals surface area contributed by atoms with E-state index >= 15 is 0 Å². The van der Waals surface area contributed by atoms with Crippen LogP contribution in [0, 0.1) is 0 Å². The van der Waals surface area contributed by atoms with Gasteiger partial charge in [0, 0.05) is 5.56 Å². The molecule has 0 aliphatic heterocycles. The zero-order chi connectivity index (χ0) is 16.9. The molecule has 0 unspecified atom stereocenters. The summed E-state index contributed by atoms with van der Waals surface area (Å²) < 4.78 is 2.11. The van der Waals surface area contributed by atoms with Crippen molar-refractivity contribution in [3.63, 3.8) is 0 Å². The number of rotatable bonds is 6. The average molecular weight is 324 g/mol. The summed E-state index contributed by atoms with van der Waals surface area (Å²) in [6.07, 6.45) is 0. The van der Waals surface area contributed by atoms with Crippen LogP contribution in [0.5, 0.6) is 0 Å². The third kappa shape index (κ3) is 4.89. The molecule has 0 bridgehead atoms. The van der Waals surface area contributed by atoms with Gasteiger partial charge in [0.25, 0.3) is 0 Å². The molecule has 3 nitrogen and oxygen atoms in total. The first-order valence-corrected chi connectivity index (χ1v) is 11.3. The predicted molar refractivity (Wildman–Crippen MR) is 99.2 cm³/mol. The lowest BCUT2D eigenvalue weighted by Crippen LogP contribution is -2.42. The zero-order valence-corrected chi connectivity index (χ0v) is 15.3. The lowest BCUT2D eigenvalue weighted by Gasteiger charge is -2.32. The molecule has 0 atom stereocenters. The molecule has 0 saturated carbocycles. The van der Waals surface area contributed by atoms with Gasteiger partial charge < -0.3 is 4.67 Å². The maximum Gasteiger partial charge on any atom is 0.208 e. The fourth-order valence-electron chi connectivity index (χ4n) is 2.20. The van der Waals surface area contributed by atoms with Gasteiger partial charge >= 0.3 is 0 Å². The van der Waals surface area contributed by atoms with Crippen molar-refractivity contribution in [2.45, 2.75) is 33.1 Å². The standard InChI is InChI=1S/C19H24N2OSi/c1-16(19(22)18-13-9-6-10-14-18)20-21(23(2,3)4)15-17-11-7-5-8-12-17/h5-14H,15H2,1-4H3/b20-16+. The molecule has 23 heavy (non-hydrogen) atoms. The van der Waals surface area contributed by atoms with Crippen molar-refractivity contribution in [2.24, 2.45) is 5.10 Å². The number of nitrogens with zero attached hydrogens (tertiary/aromatic N) is 2. The van der Waals surface area contributed by atoms with E-state index in [1.807, 2.05) is 48.5 Å². The lowest BCUT2D eigenvalue weighted by atomic mass is 10.1. The quantitative estimate of drug-likeness (QED) is 0.337. The van der Waals surface area contributed by atoms with Crippen LogP contribution in [0.25, 0.3) is 0 Å². The van der Waals surface area contributed by atoms with Gasteiger partial charge in [0.05, 0.1) is 6.54 Å². The van der Waals surface area contributed by atoms with E-state index < -0.39 is 8.24 Å². The smallest absolute Gasteiger partial charge is 0.208 e. The van der Waals surface area contributed by atoms with Crippen molar-refractivity contribution in [3.8, 4) is 0 Å². The monoisotopic (exact) mass is 324 g/mol. The van der Waals surface area contributed by atoms with Gasteiger partial charge in [-0.3, -0.25) is 4.79 Å². The van der Waals surface area contributed by atoms with Gasteiger partial charge in [-0.1, -0.05) is 80.3 Å². The maximum atomic E-state index is 12.5. The van der Waals surface area contributed by atoms with Crippen LogP contribution in [-0.4, -0.2) is 24.4 Å². The molecule has 2 aromatic carbocycles. The van der Waals surface area contributed by atoms with Crippen LogP contribution in [0.15, 0.2) is 65.8 Å². The minimum Gasteiger partial charge on any atom is -0.320 e. The maximum absolute atomic E-state index is 12.5. The van der Waals surface area contributed by atoms with E-state index in [1.165, 1.54) is 5.56 Å². The highest BCUT2D eigenvalue weighted by atomic mass is 28.3. The number of carbonyl (C=O) groups is 1. The second kappa shape index (κ2) is 7.37. The van der Waals surface area contributed by atoms with Crippen LogP contribution in [0.3, 0.4) is 0 Å². The highest BCUT2D eigenvalue weighted by Crippen LogP contribution is 2.16. The molecule has 0 N–H and O–H groups in total. The molecule has 2 rings (SSSR count). The third-order valence-electron chi connectivity index (χ3n) is 3.58. The molecule has 0 amide bonds. The Hall–Kier alpha value is -2.20. The van der Waals surface area contributed by atoms with Crippen LogP contribution < -0.4 is 0 Å². The fraction of sp³-hybridized carbons (Fsp3) is 0.263. The zero-order valence-electron chi connectivity index (χ0n) is 14.3. The van der Waals surface area contributed by atoms with Gasteiger partial charge in [-0.05, 0) is 12.5 Å². The summed E-state index contributed by atoms with van der Waals surface area (Å²) in [4.78, 5) is 12.5. The summed E-state index contributed by atoms with van der Waals surface area (Å²) >= 11 is 0. The summed E-state index contributed by atoms with van der Waals surface area (Å²) in [5, 5.41) is 4.68. The second-order valence-corrected chi connectivity index (χ2v) is 11.5. The van der Waals surface area contributed by atoms with Crippen molar-refractivity contribution in [3.05, 3.63) is 71.8 Å². The van der Waals surface area contributed by atoms with Crippen molar-refractivity contribution in [2.75, 3.05) is 0 Å². The number of hydrogen-bond acceptors (Lipinski definition) is 3. The molecule has 0 heterocycles. The Kier molecular flexibility index (Phi) is 5.50. The molecular formula is C19H24N2OSi. The fourth-order valence-corrected chi connectivity index (χ4v) is 3.31. The second-order valence-electron chi connectivity index (χ2n) is 6.59. The highest BCUT2D eigenvalue weighted by Gasteiger charge is 2.24. The summed E-state index contributed by atoms with van der Waals surface area (Å²) in [6.45, 7) is 9.24. The predicted octanol–water partition coefficient (Wildman–Crippen LogP) is 4.58. The Morgan fingerprint density at radius 3 is 2.00 bits per heavy atom. The molecular weight excluding hydrogens is 300 g/mol. The van der Waals surface area contributed by atoms with Crippen molar-refractivity contribution >= 4 is 19.7 Å². The number of hydrogen-bond donors (Lipinski definition) is 0. The molecule has 0 aromatic heterocycles. The molecule has 0 aliphatic rings. The van der Waals surface area contributed by atoms with Crippen LogP contribution in [0.4, 0.5) is 0 Å². The molecule has 120 valence electrons. The first-order valence-electron chi connectivity index (χ1n) is 7.84. The average Bonchev–Trinajstić information content (AvgIpc) is 2.54. The van der Waals surface area contributed by atoms with E-state index in [0.29, 0.717) is 11.3 Å². The van der Waals surface area contributed by atoms with E-state index in [4.69, 9.17) is 0 Å². The minimum absolute atomic E-state index is 0.0121. The van der Waals surface area contributed by atoms with Gasteiger partial charge in [-0.2, -0.15) is 5.10 Å². The third-order valence-corrected chi connectivity index (χ3v) is 5.39. The first-order chi connectivity index (χ1) is 10.9. The van der Waals surface area contributed by atoms with Gasteiger partial charge in [0.1, 0.15) is 5.71 Å². The first kappa shape index (κ1) is 17.2. The number of Topliss-reactive ketones (excluding diaryl/α,β-unsaturated/α-hetero) is 1. The van der Waals surface area contributed by atoms with E-state index in [9.17, 15) is 4.79 Å². The largest absolute Gasteiger partial charge is 0.320 e. The van der Waals surface area contributed by atoms with E-state index in [1.54, 1.807) is 6.92 Å². The Morgan fingerprint density at radius 2 is 1.48 bits per heavy atom. The van der Waals surface area contributed by atoms with Crippen molar-refractivity contribution in [1.29, 1.82) is 0 Å². The number of ketones is 1. The van der Waals surface area contributed by atoms with E-state index in [0.717, 1.165) is 6.54 Å². The van der Waals surface area contributed by atoms with Gasteiger partial charge in [0.15, 0.2) is 8.24 Å². The Balaban J connectivity index is 2.24. The summed E-state index contributed by atoms with van der Waals surface area (Å²) in [5.74, 6) is -0.0121. The molecule has 0 aliphatic carbocycles. The number of carbonyl (C=O) groups excluding carboxylic acids is 1. The summed E-state index contributed by atoms with van der Waals surface area (Å²) in [6, 6.07) is 19.6. The van der Waals surface area contributed by atoms with E-state index in [-0.39, 0.29) is 5.78 Å². The van der Waals surface area contributed by atoms with Crippen LogP contribution in [-0.2, 0) is 6.54 Å². The van der Waals surface area contributed by atoms with Crippen molar-refractivity contribution in [1.82, 2.24) is 4.67 Å². The van der Waals surface area contributed by atoms with Gasteiger partial charge in [-0.25, -0.2) is 0 Å². The van der Waals surface area contributed by atoms with Crippen LogP contribution in [0.2, 0.25) is 19.6 Å². The van der Waals surface area contributed by atoms with Gasteiger partial charge in [0.2, 0.25) is 5.78 Å². The highest BCUT2D eigenvalue weighted by molar-refractivity contribution is 6.73. The summed E-state index contributed by atoms with van der Waals surface area (Å²) in [7, 11) is -1.69. The van der Waals surface area contributed by atoms with E-state index in [2.05, 4.69) is 41.5 Å². The Labute approximate surface area is 139 Å². The molecule has 0 spiro atoms. The topological polar surface area (TPSA) is 32.7 Å². The normalized spacial score (nSPS) is 12.1. The van der Waals surface area contributed by atoms with Crippen LogP contribution in [0.1, 0.15) is 22.8 Å². The Morgan fingerprint density at radius 1 is 0.957 bits per heavy atom. The molecule has 2 aromatic rings. The summed E-state index contributed by atoms with van der Waals surface area (Å²) in [5.41, 5.74) is 2.43. The molecule has 4 heteroatoms. The van der Waals surface area contributed by atoms with Gasteiger partial charge in [-0.15, -0.1) is 0 Å². The van der Waals surface area contributed by atoms with Crippen LogP contribution >= 0.6 is 0 Å². The molecule has 0 radical (unpaired) electrons. The Bertz CT molecular complexity index is 676. The lowest BCUT2D eigenvalue weighted by molar-refractivity contribution is 0.106. The van der Waals surface area contributed by atoms with Crippen molar-refractivity contribution < 1.29 is 4.79 Å². The SMILES string of the molecule is C/C(=N\N(Cc1ccccc1)[Si](C)(C)C)C(=O)c1ccccc1. The molecule has 0 saturated heterocycles. The molecule has 0 fully saturated rings. The minimum atomic E-state index is -1.69.